The molecule has 2 rings (SSSR count). The van der Waals surface area contributed by atoms with E-state index in [2.05, 4.69) is 0 Å². The number of likely N-dealkylation sites (tertiary alicyclic amines) is 1. The molecule has 2 unspecified atom stereocenters. The second kappa shape index (κ2) is 7.13. The van der Waals surface area contributed by atoms with Gasteiger partial charge in [-0.3, -0.25) is 9.59 Å². The first-order valence-corrected chi connectivity index (χ1v) is 8.80. The van der Waals surface area contributed by atoms with Crippen LogP contribution in [0.15, 0.2) is 10.9 Å². The number of carboxylic acid groups (broad SMARTS) is 1. The van der Waals surface area contributed by atoms with Crippen molar-refractivity contribution in [2.45, 2.75) is 52.6 Å². The third kappa shape index (κ3) is 4.08. The number of nitrogens with zero attached hydrogens (tertiary/aromatic N) is 2. The first-order valence-electron chi connectivity index (χ1n) is 8.80. The number of carbonyl (C=O) groups is 2. The van der Waals surface area contributed by atoms with E-state index in [1.807, 2.05) is 13.8 Å². The van der Waals surface area contributed by atoms with Crippen molar-refractivity contribution in [1.29, 1.82) is 0 Å². The Hall–Kier alpha value is -2.31. The van der Waals surface area contributed by atoms with Crippen molar-refractivity contribution in [3.05, 3.63) is 33.2 Å². The number of carboxylic acids is 1. The first-order chi connectivity index (χ1) is 11.9. The molecule has 1 aromatic rings. The second-order valence-electron chi connectivity index (χ2n) is 7.97. The van der Waals surface area contributed by atoms with Crippen LogP contribution in [-0.4, -0.2) is 45.3 Å². The number of piperidine rings is 1. The van der Waals surface area contributed by atoms with Crippen LogP contribution in [0.4, 0.5) is 4.79 Å². The highest BCUT2D eigenvalue weighted by atomic mass is 16.6. The summed E-state index contributed by atoms with van der Waals surface area (Å²) in [5, 5.41) is 9.72. The van der Waals surface area contributed by atoms with E-state index >= 15 is 0 Å². The molecule has 0 aliphatic carbocycles. The molecule has 0 saturated carbocycles. The number of ether oxygens (including phenoxy) is 1. The van der Waals surface area contributed by atoms with Gasteiger partial charge in [-0.1, -0.05) is 0 Å². The predicted molar refractivity (Wildman–Crippen MR) is 97.4 cm³/mol. The Balaban J connectivity index is 2.32. The zero-order chi connectivity index (χ0) is 19.8. The van der Waals surface area contributed by atoms with Crippen LogP contribution in [0.3, 0.4) is 0 Å². The normalized spacial score (nSPS) is 20.8. The van der Waals surface area contributed by atoms with E-state index < -0.39 is 23.6 Å². The summed E-state index contributed by atoms with van der Waals surface area (Å²) in [7, 11) is 1.70. The maximum absolute atomic E-state index is 12.3. The SMILES string of the molecule is Cc1c(C2CCN(C(=O)OC(C)(C)C)CC2C(=O)O)cc(=O)n(C)c1C. The molecule has 26 heavy (non-hydrogen) atoms. The number of hydrogen-bond acceptors (Lipinski definition) is 4. The van der Waals surface area contributed by atoms with Gasteiger partial charge in [0.15, 0.2) is 0 Å². The fraction of sp³-hybridized carbons (Fsp3) is 0.632. The van der Waals surface area contributed by atoms with Crippen molar-refractivity contribution >= 4 is 12.1 Å². The van der Waals surface area contributed by atoms with Crippen LogP contribution >= 0.6 is 0 Å². The summed E-state index contributed by atoms with van der Waals surface area (Å²) in [6.45, 7) is 9.56. The van der Waals surface area contributed by atoms with Gasteiger partial charge in [0.2, 0.25) is 0 Å². The van der Waals surface area contributed by atoms with Crippen molar-refractivity contribution in [2.75, 3.05) is 13.1 Å². The van der Waals surface area contributed by atoms with Gasteiger partial charge in [-0.05, 0) is 52.2 Å². The molecule has 0 bridgehead atoms. The Bertz CT molecular complexity index is 775. The van der Waals surface area contributed by atoms with Crippen LogP contribution in [0.25, 0.3) is 0 Å². The molecular formula is C19H28N2O5. The van der Waals surface area contributed by atoms with Gasteiger partial charge < -0.3 is 19.3 Å². The van der Waals surface area contributed by atoms with Gasteiger partial charge in [-0.2, -0.15) is 0 Å². The number of hydrogen-bond donors (Lipinski definition) is 1. The average molecular weight is 364 g/mol. The number of aromatic nitrogens is 1. The third-order valence-electron chi connectivity index (χ3n) is 5.07. The van der Waals surface area contributed by atoms with E-state index in [-0.39, 0.29) is 18.0 Å². The Labute approximate surface area is 153 Å². The van der Waals surface area contributed by atoms with E-state index in [1.54, 1.807) is 32.4 Å². The van der Waals surface area contributed by atoms with Crippen LogP contribution < -0.4 is 5.56 Å². The van der Waals surface area contributed by atoms with E-state index in [9.17, 15) is 19.5 Å². The molecule has 1 aliphatic heterocycles. The van der Waals surface area contributed by atoms with E-state index in [1.165, 1.54) is 11.0 Å². The molecule has 1 amide bonds. The summed E-state index contributed by atoms with van der Waals surface area (Å²) in [5.41, 5.74) is 1.73. The monoisotopic (exact) mass is 364 g/mol. The topological polar surface area (TPSA) is 88.8 Å². The Morgan fingerprint density at radius 3 is 2.42 bits per heavy atom. The summed E-state index contributed by atoms with van der Waals surface area (Å²) in [6, 6.07) is 1.53. The molecule has 7 nitrogen and oxygen atoms in total. The minimum absolute atomic E-state index is 0.0720. The van der Waals surface area contributed by atoms with Gasteiger partial charge in [0.1, 0.15) is 5.60 Å². The summed E-state index contributed by atoms with van der Waals surface area (Å²) in [5.74, 6) is -2.05. The van der Waals surface area contributed by atoms with E-state index in [0.717, 1.165) is 16.8 Å². The molecule has 0 radical (unpaired) electrons. The van der Waals surface area contributed by atoms with Crippen molar-refractivity contribution in [3.63, 3.8) is 0 Å². The zero-order valence-corrected chi connectivity index (χ0v) is 16.3. The summed E-state index contributed by atoms with van der Waals surface area (Å²) < 4.78 is 6.92. The second-order valence-corrected chi connectivity index (χ2v) is 7.97. The largest absolute Gasteiger partial charge is 0.481 e. The third-order valence-corrected chi connectivity index (χ3v) is 5.07. The number of rotatable bonds is 2. The number of amides is 1. The minimum Gasteiger partial charge on any atom is -0.481 e. The number of aliphatic carboxylic acids is 1. The first kappa shape index (κ1) is 20.0. The fourth-order valence-corrected chi connectivity index (χ4v) is 3.42. The van der Waals surface area contributed by atoms with Gasteiger partial charge in [-0.15, -0.1) is 0 Å². The smallest absolute Gasteiger partial charge is 0.410 e. The van der Waals surface area contributed by atoms with Crippen molar-refractivity contribution in [1.82, 2.24) is 9.47 Å². The number of carbonyl (C=O) groups excluding carboxylic acids is 1. The van der Waals surface area contributed by atoms with E-state index in [0.29, 0.717) is 13.0 Å². The average Bonchev–Trinajstić information content (AvgIpc) is 2.54. The standard InChI is InChI=1S/C19H28N2O5/c1-11-12(2)20(6)16(22)9-14(11)13-7-8-21(10-15(13)17(23)24)18(25)26-19(3,4)5/h9,13,15H,7-8,10H2,1-6H3,(H,23,24). The maximum atomic E-state index is 12.3. The van der Waals surface area contributed by atoms with Crippen molar-refractivity contribution in [3.8, 4) is 0 Å². The lowest BCUT2D eigenvalue weighted by Crippen LogP contribution is -2.47. The molecule has 2 atom stereocenters. The van der Waals surface area contributed by atoms with Crippen LogP contribution in [-0.2, 0) is 16.6 Å². The Morgan fingerprint density at radius 1 is 1.27 bits per heavy atom. The highest BCUT2D eigenvalue weighted by molar-refractivity contribution is 5.74. The molecule has 1 N–H and O–H groups in total. The summed E-state index contributed by atoms with van der Waals surface area (Å²) in [6.07, 6.45) is -0.0250. The van der Waals surface area contributed by atoms with Gasteiger partial charge in [-0.25, -0.2) is 4.79 Å². The van der Waals surface area contributed by atoms with Crippen LogP contribution in [0.1, 0.15) is 49.9 Å². The Morgan fingerprint density at radius 2 is 1.88 bits per heavy atom. The molecule has 144 valence electrons. The van der Waals surface area contributed by atoms with Crippen molar-refractivity contribution in [2.24, 2.45) is 13.0 Å². The van der Waals surface area contributed by atoms with Gasteiger partial charge in [0.05, 0.1) is 5.92 Å². The molecule has 1 aliphatic rings. The Kier molecular flexibility index (Phi) is 5.49. The lowest BCUT2D eigenvalue weighted by molar-refractivity contribution is -0.144. The quantitative estimate of drug-likeness (QED) is 0.871. The minimum atomic E-state index is -0.971. The highest BCUT2D eigenvalue weighted by Gasteiger charge is 2.39. The lowest BCUT2D eigenvalue weighted by atomic mass is 9.79. The van der Waals surface area contributed by atoms with Crippen molar-refractivity contribution < 1.29 is 19.4 Å². The van der Waals surface area contributed by atoms with Crippen LogP contribution in [0, 0.1) is 19.8 Å². The van der Waals surface area contributed by atoms with Gasteiger partial charge >= 0.3 is 12.1 Å². The molecular weight excluding hydrogens is 336 g/mol. The molecule has 0 aromatic carbocycles. The number of pyridine rings is 1. The van der Waals surface area contributed by atoms with E-state index in [4.69, 9.17) is 4.74 Å². The molecule has 7 heteroatoms. The van der Waals surface area contributed by atoms with Crippen LogP contribution in [0.2, 0.25) is 0 Å². The maximum Gasteiger partial charge on any atom is 0.410 e. The molecule has 1 aromatic heterocycles. The van der Waals surface area contributed by atoms with Crippen LogP contribution in [0.5, 0.6) is 0 Å². The fourth-order valence-electron chi connectivity index (χ4n) is 3.42. The summed E-state index contributed by atoms with van der Waals surface area (Å²) in [4.78, 5) is 37.8. The summed E-state index contributed by atoms with van der Waals surface area (Å²) >= 11 is 0. The predicted octanol–water partition coefficient (Wildman–Crippen LogP) is 2.43. The van der Waals surface area contributed by atoms with Gasteiger partial charge in [0.25, 0.3) is 5.56 Å². The lowest BCUT2D eigenvalue weighted by Gasteiger charge is -2.38. The molecule has 2 heterocycles. The molecule has 0 spiro atoms. The van der Waals surface area contributed by atoms with Gasteiger partial charge in [0, 0.05) is 37.8 Å². The molecule has 1 fully saturated rings. The highest BCUT2D eigenvalue weighted by Crippen LogP contribution is 2.35. The zero-order valence-electron chi connectivity index (χ0n) is 16.3. The molecule has 1 saturated heterocycles.